The van der Waals surface area contributed by atoms with Crippen LogP contribution in [-0.2, 0) is 16.1 Å². The molecule has 0 spiro atoms. The third-order valence-corrected chi connectivity index (χ3v) is 5.91. The van der Waals surface area contributed by atoms with Crippen molar-refractivity contribution in [1.29, 1.82) is 0 Å². The third kappa shape index (κ3) is 4.74. The van der Waals surface area contributed by atoms with Gasteiger partial charge < -0.3 is 9.84 Å². The van der Waals surface area contributed by atoms with E-state index in [2.05, 4.69) is 39.7 Å². The first-order chi connectivity index (χ1) is 12.5. The number of aliphatic carboxylic acids is 1. The summed E-state index contributed by atoms with van der Waals surface area (Å²) in [5, 5.41) is 13.4. The van der Waals surface area contributed by atoms with Crippen molar-refractivity contribution in [3.63, 3.8) is 0 Å². The lowest BCUT2D eigenvalue weighted by molar-refractivity contribution is -0.142. The van der Waals surface area contributed by atoms with E-state index >= 15 is 0 Å². The molecule has 1 heterocycles. The van der Waals surface area contributed by atoms with E-state index < -0.39 is 5.97 Å². The molecule has 26 heavy (non-hydrogen) atoms. The van der Waals surface area contributed by atoms with Crippen molar-refractivity contribution < 1.29 is 14.6 Å². The Morgan fingerprint density at radius 3 is 2.54 bits per heavy atom. The fourth-order valence-electron chi connectivity index (χ4n) is 3.75. The summed E-state index contributed by atoms with van der Waals surface area (Å²) in [7, 11) is 0. The van der Waals surface area contributed by atoms with Gasteiger partial charge in [-0.15, -0.1) is 0 Å². The predicted molar refractivity (Wildman–Crippen MR) is 104 cm³/mol. The highest BCUT2D eigenvalue weighted by Crippen LogP contribution is 2.34. The molecule has 1 N–H and O–H groups in total. The minimum atomic E-state index is -0.896. The smallest absolute Gasteiger partial charge is 0.329 e. The molecule has 1 aromatic heterocycles. The van der Waals surface area contributed by atoms with Crippen LogP contribution in [0.2, 0.25) is 0 Å². The zero-order valence-electron chi connectivity index (χ0n) is 15.0. The molecule has 0 bridgehead atoms. The first kappa shape index (κ1) is 19.1. The highest BCUT2D eigenvalue weighted by Gasteiger charge is 2.24. The van der Waals surface area contributed by atoms with Crippen molar-refractivity contribution >= 4 is 21.9 Å². The van der Waals surface area contributed by atoms with Gasteiger partial charge >= 0.3 is 5.97 Å². The molecule has 5 nitrogen and oxygen atoms in total. The normalized spacial score (nSPS) is 20.2. The average Bonchev–Trinajstić information content (AvgIpc) is 2.90. The van der Waals surface area contributed by atoms with Crippen LogP contribution in [0.4, 0.5) is 0 Å². The quantitative estimate of drug-likeness (QED) is 0.714. The first-order valence-corrected chi connectivity index (χ1v) is 9.91. The third-order valence-electron chi connectivity index (χ3n) is 5.10. The van der Waals surface area contributed by atoms with Gasteiger partial charge in [0.1, 0.15) is 11.2 Å². The summed E-state index contributed by atoms with van der Waals surface area (Å²) in [6.07, 6.45) is 4.45. The average molecular weight is 421 g/mol. The van der Waals surface area contributed by atoms with Gasteiger partial charge in [0.15, 0.2) is 0 Å². The summed E-state index contributed by atoms with van der Waals surface area (Å²) in [5.41, 5.74) is 3.39. The van der Waals surface area contributed by atoms with E-state index in [1.807, 2.05) is 18.2 Å². The molecular weight excluding hydrogens is 396 g/mol. The van der Waals surface area contributed by atoms with Crippen LogP contribution in [0, 0.1) is 18.8 Å². The number of carbonyl (C=O) groups is 1. The van der Waals surface area contributed by atoms with Crippen molar-refractivity contribution in [2.75, 3.05) is 13.2 Å². The van der Waals surface area contributed by atoms with Gasteiger partial charge in [0.2, 0.25) is 0 Å². The Hall–Kier alpha value is -1.66. The molecule has 3 rings (SSSR count). The van der Waals surface area contributed by atoms with E-state index in [9.17, 15) is 4.79 Å². The molecular formula is C20H25BrN2O3. The molecule has 0 amide bonds. The number of carboxylic acid groups (broad SMARTS) is 1. The van der Waals surface area contributed by atoms with Crippen LogP contribution >= 0.6 is 15.9 Å². The Bertz CT molecular complexity index is 737. The molecule has 0 atom stereocenters. The van der Waals surface area contributed by atoms with E-state index in [0.717, 1.165) is 42.5 Å². The number of halogens is 1. The Balaban J connectivity index is 1.57. The molecule has 0 saturated heterocycles. The number of aromatic nitrogens is 2. The number of carboxylic acids is 1. The van der Waals surface area contributed by atoms with Crippen LogP contribution in [0.15, 0.2) is 34.9 Å². The summed E-state index contributed by atoms with van der Waals surface area (Å²) < 4.78 is 8.39. The molecule has 1 aliphatic rings. The summed E-state index contributed by atoms with van der Waals surface area (Å²) >= 11 is 3.75. The Morgan fingerprint density at radius 1 is 1.23 bits per heavy atom. The highest BCUT2D eigenvalue weighted by molar-refractivity contribution is 9.10. The van der Waals surface area contributed by atoms with E-state index in [0.29, 0.717) is 18.4 Å². The fraction of sp³-hybridized carbons (Fsp3) is 0.500. The molecule has 1 aliphatic carbocycles. The second-order valence-electron chi connectivity index (χ2n) is 7.09. The molecule has 0 aliphatic heterocycles. The van der Waals surface area contributed by atoms with Crippen LogP contribution < -0.4 is 0 Å². The van der Waals surface area contributed by atoms with Gasteiger partial charge in [-0.3, -0.25) is 4.68 Å². The number of rotatable bonds is 7. The van der Waals surface area contributed by atoms with E-state index in [1.54, 1.807) is 0 Å². The number of ether oxygens (including phenoxy) is 1. The van der Waals surface area contributed by atoms with Gasteiger partial charge in [0.25, 0.3) is 0 Å². The van der Waals surface area contributed by atoms with Crippen molar-refractivity contribution in [1.82, 2.24) is 9.78 Å². The number of benzene rings is 1. The maximum Gasteiger partial charge on any atom is 0.329 e. The SMILES string of the molecule is Cc1nn(C[C@H]2CC[C@H](COCC(=O)O)CC2)c(Br)c1-c1ccccc1. The van der Waals surface area contributed by atoms with E-state index in [1.165, 1.54) is 11.1 Å². The lowest BCUT2D eigenvalue weighted by atomic mass is 9.82. The summed E-state index contributed by atoms with van der Waals surface area (Å²) in [4.78, 5) is 10.5. The van der Waals surface area contributed by atoms with E-state index in [4.69, 9.17) is 14.9 Å². The minimum Gasteiger partial charge on any atom is -0.480 e. The lowest BCUT2D eigenvalue weighted by Crippen LogP contribution is -2.23. The van der Waals surface area contributed by atoms with Crippen LogP contribution in [0.1, 0.15) is 31.4 Å². The number of nitrogens with zero attached hydrogens (tertiary/aromatic N) is 2. The second-order valence-corrected chi connectivity index (χ2v) is 7.85. The molecule has 6 heteroatoms. The largest absolute Gasteiger partial charge is 0.480 e. The summed E-state index contributed by atoms with van der Waals surface area (Å²) in [6.45, 7) is 3.33. The minimum absolute atomic E-state index is 0.193. The number of hydrogen-bond acceptors (Lipinski definition) is 3. The topological polar surface area (TPSA) is 64.4 Å². The zero-order chi connectivity index (χ0) is 18.5. The molecule has 1 saturated carbocycles. The van der Waals surface area contributed by atoms with Gasteiger partial charge in [-0.05, 0) is 65.9 Å². The number of aryl methyl sites for hydroxylation is 1. The van der Waals surface area contributed by atoms with Gasteiger partial charge in [-0.1, -0.05) is 30.3 Å². The lowest BCUT2D eigenvalue weighted by Gasteiger charge is -2.28. The highest BCUT2D eigenvalue weighted by atomic mass is 79.9. The molecule has 1 aromatic carbocycles. The predicted octanol–water partition coefficient (Wildman–Crippen LogP) is 4.53. The monoisotopic (exact) mass is 420 g/mol. The Kier molecular flexibility index (Phi) is 6.48. The molecule has 140 valence electrons. The van der Waals surface area contributed by atoms with Crippen LogP contribution in [-0.4, -0.2) is 34.1 Å². The van der Waals surface area contributed by atoms with Crippen LogP contribution in [0.25, 0.3) is 11.1 Å². The van der Waals surface area contributed by atoms with Crippen molar-refractivity contribution in [2.45, 2.75) is 39.2 Å². The second kappa shape index (κ2) is 8.82. The Labute approximate surface area is 162 Å². The zero-order valence-corrected chi connectivity index (χ0v) is 16.6. The summed E-state index contributed by atoms with van der Waals surface area (Å²) in [5.74, 6) is 0.185. The van der Waals surface area contributed by atoms with Gasteiger partial charge in [-0.25, -0.2) is 4.79 Å². The molecule has 2 aromatic rings. The molecule has 0 unspecified atom stereocenters. The standard InChI is InChI=1S/C20H25BrN2O3/c1-14-19(17-5-3-2-4-6-17)20(21)23(22-14)11-15-7-9-16(10-8-15)12-26-13-18(24)25/h2-6,15-16H,7-13H2,1H3,(H,24,25)/t15-,16-. The van der Waals surface area contributed by atoms with Crippen molar-refractivity contribution in [3.8, 4) is 11.1 Å². The van der Waals surface area contributed by atoms with Crippen LogP contribution in [0.3, 0.4) is 0 Å². The first-order valence-electron chi connectivity index (χ1n) is 9.12. The van der Waals surface area contributed by atoms with Crippen molar-refractivity contribution in [2.24, 2.45) is 11.8 Å². The molecule has 1 fully saturated rings. The number of hydrogen-bond donors (Lipinski definition) is 1. The van der Waals surface area contributed by atoms with Crippen LogP contribution in [0.5, 0.6) is 0 Å². The molecule has 0 radical (unpaired) electrons. The Morgan fingerprint density at radius 2 is 1.88 bits per heavy atom. The van der Waals surface area contributed by atoms with Crippen molar-refractivity contribution in [3.05, 3.63) is 40.6 Å². The summed E-state index contributed by atoms with van der Waals surface area (Å²) in [6, 6.07) is 10.3. The fourth-order valence-corrected chi connectivity index (χ4v) is 4.49. The maximum atomic E-state index is 10.5. The van der Waals surface area contributed by atoms with Gasteiger partial charge in [0.05, 0.1) is 12.3 Å². The van der Waals surface area contributed by atoms with E-state index in [-0.39, 0.29) is 6.61 Å². The van der Waals surface area contributed by atoms with Gasteiger partial charge in [0, 0.05) is 12.1 Å². The maximum absolute atomic E-state index is 10.5. The van der Waals surface area contributed by atoms with Gasteiger partial charge in [-0.2, -0.15) is 5.10 Å².